The molecule has 0 aromatic rings. The van der Waals surface area contributed by atoms with Crippen molar-refractivity contribution in [1.29, 1.82) is 0 Å². The highest BCUT2D eigenvalue weighted by atomic mass is 32.2. The van der Waals surface area contributed by atoms with Gasteiger partial charge in [0.1, 0.15) is 25.9 Å². The Morgan fingerprint density at radius 2 is 1.67 bits per heavy atom. The van der Waals surface area contributed by atoms with Gasteiger partial charge in [-0.05, 0) is 0 Å². The molecule has 0 saturated carbocycles. The molecule has 0 aromatic carbocycles. The van der Waals surface area contributed by atoms with Gasteiger partial charge in [-0.1, -0.05) is 0 Å². The third-order valence-corrected chi connectivity index (χ3v) is 4.00. The maximum Gasteiger partial charge on any atom is 0.508 e. The third-order valence-electron chi connectivity index (χ3n) is 2.94. The summed E-state index contributed by atoms with van der Waals surface area (Å²) in [6.07, 6.45) is -4.73. The predicted octanol–water partition coefficient (Wildman–Crippen LogP) is -1.18. The van der Waals surface area contributed by atoms with E-state index in [2.05, 4.69) is 23.7 Å². The molecule has 0 spiro atoms. The molecule has 2 rings (SSSR count). The van der Waals surface area contributed by atoms with Crippen LogP contribution in [0.3, 0.4) is 0 Å². The van der Waals surface area contributed by atoms with Crippen LogP contribution in [0, 0.1) is 0 Å². The van der Waals surface area contributed by atoms with Crippen LogP contribution in [0.25, 0.3) is 0 Å². The first-order valence-electron chi connectivity index (χ1n) is 6.49. The monoisotopic (exact) mass is 368 g/mol. The van der Waals surface area contributed by atoms with Gasteiger partial charge in [-0.25, -0.2) is 9.59 Å². The Morgan fingerprint density at radius 1 is 1.12 bits per heavy atom. The Labute approximate surface area is 134 Å². The van der Waals surface area contributed by atoms with Gasteiger partial charge in [-0.2, -0.15) is 8.42 Å². The van der Waals surface area contributed by atoms with Crippen molar-refractivity contribution in [3.63, 3.8) is 0 Å². The number of carbonyl (C=O) groups is 4. The fraction of sp³-hybridized carbons (Fsp3) is 0.636. The van der Waals surface area contributed by atoms with Gasteiger partial charge >= 0.3 is 18.3 Å². The lowest BCUT2D eigenvalue weighted by molar-refractivity contribution is -0.148. The summed E-state index contributed by atoms with van der Waals surface area (Å²) in [6.45, 7) is -1.08. The summed E-state index contributed by atoms with van der Waals surface area (Å²) in [6, 6.07) is 0. The highest BCUT2D eigenvalue weighted by Crippen LogP contribution is 2.15. The quantitative estimate of drug-likeness (QED) is 0.247. The molecule has 2 aliphatic rings. The van der Waals surface area contributed by atoms with Gasteiger partial charge in [0.05, 0.1) is 0 Å². The minimum atomic E-state index is -5.12. The Morgan fingerprint density at radius 3 is 2.12 bits per heavy atom. The average Bonchev–Trinajstić information content (AvgIpc) is 3.03. The first-order chi connectivity index (χ1) is 11.2. The topological polar surface area (TPSA) is 169 Å². The normalized spacial score (nSPS) is 24.4. The molecule has 12 nitrogen and oxygen atoms in total. The van der Waals surface area contributed by atoms with Crippen molar-refractivity contribution in [2.24, 2.45) is 0 Å². The minimum Gasteiger partial charge on any atom is -0.460 e. The zero-order valence-corrected chi connectivity index (χ0v) is 12.7. The molecular weight excluding hydrogens is 356 g/mol. The summed E-state index contributed by atoms with van der Waals surface area (Å²) in [5.41, 5.74) is 0. The van der Waals surface area contributed by atoms with Crippen molar-refractivity contribution in [2.45, 2.75) is 23.9 Å². The lowest BCUT2D eigenvalue weighted by atomic mass is 10.1. The maximum atomic E-state index is 11.9. The van der Waals surface area contributed by atoms with E-state index in [0.29, 0.717) is 0 Å². The number of hydrogen-bond donors (Lipinski definition) is 1. The number of hydrogen-bond acceptors (Lipinski definition) is 11. The van der Waals surface area contributed by atoms with Crippen molar-refractivity contribution >= 4 is 34.2 Å². The summed E-state index contributed by atoms with van der Waals surface area (Å²) in [4.78, 5) is 45.2. The van der Waals surface area contributed by atoms with E-state index in [-0.39, 0.29) is 13.2 Å². The molecule has 3 unspecified atom stereocenters. The molecule has 2 heterocycles. The summed E-state index contributed by atoms with van der Waals surface area (Å²) in [7, 11) is -5.12. The molecule has 0 bridgehead atoms. The second-order valence-electron chi connectivity index (χ2n) is 4.80. The Bertz CT molecular complexity index is 652. The molecule has 1 N–H and O–H groups in total. The molecule has 0 aromatic heterocycles. The van der Waals surface area contributed by atoms with Crippen LogP contribution in [0.2, 0.25) is 0 Å². The largest absolute Gasteiger partial charge is 0.508 e. The van der Waals surface area contributed by atoms with Crippen LogP contribution in [0.15, 0.2) is 0 Å². The summed E-state index contributed by atoms with van der Waals surface area (Å²) in [5.74, 6) is -2.80. The fourth-order valence-electron chi connectivity index (χ4n) is 1.91. The molecule has 0 amide bonds. The molecule has 13 heteroatoms. The van der Waals surface area contributed by atoms with Crippen molar-refractivity contribution in [3.05, 3.63) is 0 Å². The van der Waals surface area contributed by atoms with Gasteiger partial charge in [0.2, 0.25) is 5.25 Å². The van der Waals surface area contributed by atoms with Gasteiger partial charge in [0.25, 0.3) is 10.1 Å². The number of ketones is 1. The number of esters is 1. The molecule has 3 atom stereocenters. The molecule has 2 saturated heterocycles. The highest BCUT2D eigenvalue weighted by Gasteiger charge is 2.42. The lowest BCUT2D eigenvalue weighted by Gasteiger charge is -2.14. The van der Waals surface area contributed by atoms with E-state index in [1.807, 2.05) is 0 Å². The van der Waals surface area contributed by atoms with E-state index < -0.39 is 64.7 Å². The van der Waals surface area contributed by atoms with Gasteiger partial charge in [0, 0.05) is 6.42 Å². The minimum absolute atomic E-state index is 0.216. The molecule has 2 fully saturated rings. The van der Waals surface area contributed by atoms with Gasteiger partial charge in [-0.3, -0.25) is 14.1 Å². The molecule has 0 aliphatic carbocycles. The number of Topliss-reactive ketones (excluding diaryl/α,β-unsaturated/α-hetero) is 1. The van der Waals surface area contributed by atoms with E-state index in [1.165, 1.54) is 0 Å². The molecule has 0 radical (unpaired) electrons. The fourth-order valence-corrected chi connectivity index (χ4v) is 2.65. The van der Waals surface area contributed by atoms with Gasteiger partial charge in [0.15, 0.2) is 11.9 Å². The van der Waals surface area contributed by atoms with Crippen molar-refractivity contribution in [1.82, 2.24) is 0 Å². The van der Waals surface area contributed by atoms with Crippen molar-refractivity contribution < 1.29 is 55.8 Å². The van der Waals surface area contributed by atoms with Crippen LogP contribution in [0.1, 0.15) is 6.42 Å². The zero-order chi connectivity index (χ0) is 17.9. The summed E-state index contributed by atoms with van der Waals surface area (Å²) in [5, 5.41) is -2.52. The first kappa shape index (κ1) is 17.9. The average molecular weight is 368 g/mol. The number of rotatable bonds is 7. The summed E-state index contributed by atoms with van der Waals surface area (Å²) >= 11 is 0. The highest BCUT2D eigenvalue weighted by molar-refractivity contribution is 7.88. The second-order valence-corrected chi connectivity index (χ2v) is 6.30. The molecular formula is C11H12O12S. The molecule has 134 valence electrons. The van der Waals surface area contributed by atoms with Crippen LogP contribution in [0.4, 0.5) is 9.59 Å². The van der Waals surface area contributed by atoms with E-state index in [0.717, 1.165) is 0 Å². The van der Waals surface area contributed by atoms with Crippen molar-refractivity contribution in [3.8, 4) is 0 Å². The van der Waals surface area contributed by atoms with E-state index in [9.17, 15) is 27.6 Å². The standard InChI is InChI=1S/C11H12O12S/c12-7(1-5-2-20-10(14)22-5)8(24(16,17)18)9(13)19-3-6-4-21-11(15)23-6/h5-6,8H,1-4H2,(H,16,17,18). The Kier molecular flexibility index (Phi) is 5.23. The number of carbonyl (C=O) groups excluding carboxylic acids is 4. The van der Waals surface area contributed by atoms with Crippen LogP contribution in [0.5, 0.6) is 0 Å². The predicted molar refractivity (Wildman–Crippen MR) is 68.4 cm³/mol. The zero-order valence-electron chi connectivity index (χ0n) is 11.9. The van der Waals surface area contributed by atoms with Crippen LogP contribution >= 0.6 is 0 Å². The van der Waals surface area contributed by atoms with Crippen LogP contribution < -0.4 is 0 Å². The van der Waals surface area contributed by atoms with Crippen molar-refractivity contribution in [2.75, 3.05) is 19.8 Å². The number of cyclic esters (lactones) is 4. The second kappa shape index (κ2) is 7.00. The van der Waals surface area contributed by atoms with E-state index in [1.54, 1.807) is 0 Å². The first-order valence-corrected chi connectivity index (χ1v) is 7.99. The molecule has 24 heavy (non-hydrogen) atoms. The smallest absolute Gasteiger partial charge is 0.460 e. The van der Waals surface area contributed by atoms with Gasteiger partial charge < -0.3 is 23.7 Å². The maximum absolute atomic E-state index is 11.9. The van der Waals surface area contributed by atoms with Crippen LogP contribution in [-0.4, -0.2) is 74.3 Å². The number of ether oxygens (including phenoxy) is 5. The lowest BCUT2D eigenvalue weighted by Crippen LogP contribution is -2.41. The summed E-state index contributed by atoms with van der Waals surface area (Å²) < 4.78 is 54.2. The van der Waals surface area contributed by atoms with E-state index >= 15 is 0 Å². The molecule has 2 aliphatic heterocycles. The Hall–Kier alpha value is -2.41. The SMILES string of the molecule is O=C1OCC(COC(=O)C(C(=O)CC2COC(=O)O2)S(=O)(=O)O)O1. The third kappa shape index (κ3) is 4.55. The van der Waals surface area contributed by atoms with E-state index in [4.69, 9.17) is 4.55 Å². The van der Waals surface area contributed by atoms with Crippen LogP contribution in [-0.2, 0) is 43.4 Å². The Balaban J connectivity index is 1.96. The van der Waals surface area contributed by atoms with Gasteiger partial charge in [-0.15, -0.1) is 0 Å².